The molecule has 1 aromatic rings. The van der Waals surface area contributed by atoms with Crippen LogP contribution in [-0.2, 0) is 4.79 Å². The van der Waals surface area contributed by atoms with E-state index in [1.54, 1.807) is 0 Å². The number of hydrogen-bond acceptors (Lipinski definition) is 3. The van der Waals surface area contributed by atoms with E-state index >= 15 is 0 Å². The lowest BCUT2D eigenvalue weighted by Gasteiger charge is -2.13. The Bertz CT molecular complexity index is 421. The Morgan fingerprint density at radius 1 is 1.44 bits per heavy atom. The second-order valence-corrected chi connectivity index (χ2v) is 6.41. The van der Waals surface area contributed by atoms with Gasteiger partial charge in [0.25, 0.3) is 0 Å². The molecule has 100 valence electrons. The van der Waals surface area contributed by atoms with Crippen LogP contribution in [0.2, 0.25) is 0 Å². The highest BCUT2D eigenvalue weighted by Gasteiger charge is 2.10. The first-order valence-electron chi connectivity index (χ1n) is 5.87. The summed E-state index contributed by atoms with van der Waals surface area (Å²) in [4.78, 5) is 12.7. The number of nitrogens with one attached hydrogen (secondary N) is 1. The predicted octanol–water partition coefficient (Wildman–Crippen LogP) is 3.09. The third kappa shape index (κ3) is 5.00. The summed E-state index contributed by atoms with van der Waals surface area (Å²) in [6.45, 7) is 5.85. The van der Waals surface area contributed by atoms with E-state index in [2.05, 4.69) is 21.2 Å². The highest BCUT2D eigenvalue weighted by molar-refractivity contribution is 9.10. The van der Waals surface area contributed by atoms with Gasteiger partial charge in [-0.2, -0.15) is 0 Å². The SMILES string of the molecule is CC(C)NC(=O)CSc1ccc(Br)cc1C(C)N. The van der Waals surface area contributed by atoms with Crippen LogP contribution < -0.4 is 11.1 Å². The number of benzene rings is 1. The van der Waals surface area contributed by atoms with Crippen LogP contribution >= 0.6 is 27.7 Å². The molecule has 1 aromatic carbocycles. The lowest BCUT2D eigenvalue weighted by atomic mass is 10.1. The zero-order chi connectivity index (χ0) is 13.7. The Balaban J connectivity index is 2.70. The fraction of sp³-hybridized carbons (Fsp3) is 0.462. The normalized spacial score (nSPS) is 12.6. The molecule has 0 bridgehead atoms. The Morgan fingerprint density at radius 3 is 2.67 bits per heavy atom. The van der Waals surface area contributed by atoms with Gasteiger partial charge in [-0.1, -0.05) is 15.9 Å². The number of carbonyl (C=O) groups excluding carboxylic acids is 1. The van der Waals surface area contributed by atoms with Gasteiger partial charge >= 0.3 is 0 Å². The minimum atomic E-state index is -0.0434. The van der Waals surface area contributed by atoms with Crippen molar-refractivity contribution in [2.75, 3.05) is 5.75 Å². The van der Waals surface area contributed by atoms with Gasteiger partial charge in [-0.25, -0.2) is 0 Å². The van der Waals surface area contributed by atoms with Crippen molar-refractivity contribution in [3.63, 3.8) is 0 Å². The molecule has 0 aromatic heterocycles. The van der Waals surface area contributed by atoms with Crippen molar-refractivity contribution < 1.29 is 4.79 Å². The van der Waals surface area contributed by atoms with Crippen LogP contribution in [0.4, 0.5) is 0 Å². The van der Waals surface area contributed by atoms with E-state index in [9.17, 15) is 4.79 Å². The zero-order valence-electron chi connectivity index (χ0n) is 10.9. The minimum absolute atomic E-state index is 0.0434. The molecule has 1 atom stereocenters. The van der Waals surface area contributed by atoms with Crippen molar-refractivity contribution in [2.24, 2.45) is 5.73 Å². The molecule has 3 nitrogen and oxygen atoms in total. The smallest absolute Gasteiger partial charge is 0.230 e. The summed E-state index contributed by atoms with van der Waals surface area (Å²) in [6, 6.07) is 6.10. The number of halogens is 1. The van der Waals surface area contributed by atoms with Gasteiger partial charge in [-0.3, -0.25) is 4.79 Å². The quantitative estimate of drug-likeness (QED) is 0.815. The Labute approximate surface area is 121 Å². The molecule has 3 N–H and O–H groups in total. The summed E-state index contributed by atoms with van der Waals surface area (Å²) < 4.78 is 1.01. The lowest BCUT2D eigenvalue weighted by Crippen LogP contribution is -2.31. The maximum Gasteiger partial charge on any atom is 0.230 e. The van der Waals surface area contributed by atoms with Gasteiger partial charge in [0.15, 0.2) is 0 Å². The molecular formula is C13H19BrN2OS. The summed E-state index contributed by atoms with van der Waals surface area (Å²) in [5.41, 5.74) is 7.00. The van der Waals surface area contributed by atoms with Crippen LogP contribution in [0.1, 0.15) is 32.4 Å². The number of amides is 1. The summed E-state index contributed by atoms with van der Waals surface area (Å²) in [5.74, 6) is 0.466. The van der Waals surface area contributed by atoms with Gasteiger partial charge in [0.2, 0.25) is 5.91 Å². The summed E-state index contributed by atoms with van der Waals surface area (Å²) in [5, 5.41) is 2.87. The van der Waals surface area contributed by atoms with E-state index in [1.807, 2.05) is 39.0 Å². The summed E-state index contributed by atoms with van der Waals surface area (Å²) >= 11 is 4.95. The van der Waals surface area contributed by atoms with Crippen molar-refractivity contribution in [2.45, 2.75) is 37.8 Å². The fourth-order valence-electron chi connectivity index (χ4n) is 1.51. The highest BCUT2D eigenvalue weighted by atomic mass is 79.9. The number of nitrogens with two attached hydrogens (primary N) is 1. The van der Waals surface area contributed by atoms with Gasteiger partial charge in [0.05, 0.1) is 5.75 Å². The number of hydrogen-bond donors (Lipinski definition) is 2. The van der Waals surface area contributed by atoms with Crippen LogP contribution in [0.5, 0.6) is 0 Å². The molecule has 5 heteroatoms. The largest absolute Gasteiger partial charge is 0.353 e. The lowest BCUT2D eigenvalue weighted by molar-refractivity contribution is -0.119. The van der Waals surface area contributed by atoms with E-state index < -0.39 is 0 Å². The first kappa shape index (κ1) is 15.5. The molecule has 0 aliphatic heterocycles. The van der Waals surface area contributed by atoms with Crippen molar-refractivity contribution in [1.82, 2.24) is 5.32 Å². The van der Waals surface area contributed by atoms with Crippen LogP contribution in [0.25, 0.3) is 0 Å². The van der Waals surface area contributed by atoms with E-state index in [4.69, 9.17) is 5.73 Å². The topological polar surface area (TPSA) is 55.1 Å². The average molecular weight is 331 g/mol. The number of carbonyl (C=O) groups is 1. The minimum Gasteiger partial charge on any atom is -0.353 e. The second kappa shape index (κ2) is 7.16. The molecule has 1 rings (SSSR count). The third-order valence-electron chi connectivity index (χ3n) is 2.27. The average Bonchev–Trinajstić information content (AvgIpc) is 2.26. The zero-order valence-corrected chi connectivity index (χ0v) is 13.3. The molecule has 1 unspecified atom stereocenters. The molecule has 0 aliphatic carbocycles. The maximum absolute atomic E-state index is 11.6. The third-order valence-corrected chi connectivity index (χ3v) is 3.85. The molecule has 0 spiro atoms. The first-order chi connectivity index (χ1) is 8.40. The number of thioether (sulfide) groups is 1. The molecule has 0 saturated heterocycles. The van der Waals surface area contributed by atoms with Crippen molar-refractivity contribution in [1.29, 1.82) is 0 Å². The Kier molecular flexibility index (Phi) is 6.18. The van der Waals surface area contributed by atoms with Gasteiger partial charge in [-0.15, -0.1) is 11.8 Å². The number of rotatable bonds is 5. The Morgan fingerprint density at radius 2 is 2.11 bits per heavy atom. The standard InChI is InChI=1S/C13H19BrN2OS/c1-8(2)16-13(17)7-18-12-5-4-10(14)6-11(12)9(3)15/h4-6,8-9H,7,15H2,1-3H3,(H,16,17). The van der Waals surface area contributed by atoms with Crippen molar-refractivity contribution >= 4 is 33.6 Å². The van der Waals surface area contributed by atoms with Crippen LogP contribution in [-0.4, -0.2) is 17.7 Å². The van der Waals surface area contributed by atoms with Gasteiger partial charge < -0.3 is 11.1 Å². The molecule has 1 amide bonds. The van der Waals surface area contributed by atoms with Gasteiger partial charge in [0.1, 0.15) is 0 Å². The van der Waals surface area contributed by atoms with E-state index in [0.717, 1.165) is 14.9 Å². The molecule has 0 fully saturated rings. The molecule has 0 heterocycles. The van der Waals surface area contributed by atoms with Crippen LogP contribution in [0, 0.1) is 0 Å². The monoisotopic (exact) mass is 330 g/mol. The Hall–Kier alpha value is -0.520. The molecule has 0 aliphatic rings. The second-order valence-electron chi connectivity index (χ2n) is 4.48. The summed E-state index contributed by atoms with van der Waals surface area (Å²) in [6.07, 6.45) is 0. The van der Waals surface area contributed by atoms with Crippen molar-refractivity contribution in [3.05, 3.63) is 28.2 Å². The van der Waals surface area contributed by atoms with Crippen molar-refractivity contribution in [3.8, 4) is 0 Å². The first-order valence-corrected chi connectivity index (χ1v) is 7.65. The van der Waals surface area contributed by atoms with Crippen LogP contribution in [0.15, 0.2) is 27.6 Å². The molecular weight excluding hydrogens is 312 g/mol. The van der Waals surface area contributed by atoms with E-state index in [1.165, 1.54) is 11.8 Å². The molecule has 18 heavy (non-hydrogen) atoms. The van der Waals surface area contributed by atoms with Gasteiger partial charge in [-0.05, 0) is 44.5 Å². The molecule has 0 saturated carbocycles. The fourth-order valence-corrected chi connectivity index (χ4v) is 2.84. The summed E-state index contributed by atoms with van der Waals surface area (Å²) in [7, 11) is 0. The maximum atomic E-state index is 11.6. The van der Waals surface area contributed by atoms with E-state index in [0.29, 0.717) is 5.75 Å². The van der Waals surface area contributed by atoms with Gasteiger partial charge in [0, 0.05) is 21.5 Å². The predicted molar refractivity (Wildman–Crippen MR) is 80.7 cm³/mol. The molecule has 0 radical (unpaired) electrons. The van der Waals surface area contributed by atoms with Crippen LogP contribution in [0.3, 0.4) is 0 Å². The highest BCUT2D eigenvalue weighted by Crippen LogP contribution is 2.29. The van der Waals surface area contributed by atoms with E-state index in [-0.39, 0.29) is 18.0 Å².